The van der Waals surface area contributed by atoms with Crippen molar-refractivity contribution < 1.29 is 0 Å². The zero-order valence-corrected chi connectivity index (χ0v) is 9.21. The summed E-state index contributed by atoms with van der Waals surface area (Å²) in [6.07, 6.45) is 5.12. The molecule has 0 amide bonds. The highest BCUT2D eigenvalue weighted by Crippen LogP contribution is 2.39. The second-order valence-electron chi connectivity index (χ2n) is 3.93. The third kappa shape index (κ3) is 1.79. The van der Waals surface area contributed by atoms with Crippen LogP contribution in [0.15, 0.2) is 11.4 Å². The number of hydrogen-bond donors (Lipinski definition) is 1. The van der Waals surface area contributed by atoms with E-state index in [2.05, 4.69) is 30.7 Å². The van der Waals surface area contributed by atoms with Crippen molar-refractivity contribution in [1.29, 1.82) is 0 Å². The van der Waals surface area contributed by atoms with Crippen LogP contribution in [-0.4, -0.2) is 12.6 Å². The second kappa shape index (κ2) is 3.43. The third-order valence-corrected chi connectivity index (χ3v) is 4.06. The molecule has 1 aromatic rings. The smallest absolute Gasteiger partial charge is 0.0228 e. The van der Waals surface area contributed by atoms with Crippen molar-refractivity contribution in [3.05, 3.63) is 21.9 Å². The Morgan fingerprint density at radius 2 is 2.31 bits per heavy atom. The molecule has 0 aliphatic heterocycles. The van der Waals surface area contributed by atoms with Crippen LogP contribution in [0.25, 0.3) is 0 Å². The molecule has 0 radical (unpaired) electrons. The van der Waals surface area contributed by atoms with Crippen molar-refractivity contribution in [2.75, 3.05) is 7.05 Å². The Bertz CT molecular complexity index is 286. The van der Waals surface area contributed by atoms with Gasteiger partial charge >= 0.3 is 0 Å². The predicted molar refractivity (Wildman–Crippen MR) is 58.4 cm³/mol. The summed E-state index contributed by atoms with van der Waals surface area (Å²) in [4.78, 5) is 1.59. The zero-order valence-electron chi connectivity index (χ0n) is 8.39. The van der Waals surface area contributed by atoms with Crippen molar-refractivity contribution in [3.8, 4) is 0 Å². The van der Waals surface area contributed by atoms with E-state index in [0.717, 1.165) is 0 Å². The Balaban J connectivity index is 2.09. The summed E-state index contributed by atoms with van der Waals surface area (Å²) in [7, 11) is 2.09. The third-order valence-electron chi connectivity index (χ3n) is 3.10. The van der Waals surface area contributed by atoms with E-state index in [9.17, 15) is 0 Å². The molecule has 1 N–H and O–H groups in total. The lowest BCUT2D eigenvalue weighted by Crippen LogP contribution is -2.29. The Labute approximate surface area is 84.2 Å². The Morgan fingerprint density at radius 3 is 2.85 bits per heavy atom. The molecule has 2 heteroatoms. The summed E-state index contributed by atoms with van der Waals surface area (Å²) < 4.78 is 0. The van der Waals surface area contributed by atoms with Gasteiger partial charge in [0.05, 0.1) is 0 Å². The van der Waals surface area contributed by atoms with Gasteiger partial charge in [-0.25, -0.2) is 0 Å². The SMILES string of the molecule is CCc1ccsc1CC1(NC)CC1. The van der Waals surface area contributed by atoms with Crippen molar-refractivity contribution in [3.63, 3.8) is 0 Å². The van der Waals surface area contributed by atoms with Gasteiger partial charge in [-0.1, -0.05) is 6.92 Å². The monoisotopic (exact) mass is 195 g/mol. The molecular weight excluding hydrogens is 178 g/mol. The number of likely N-dealkylation sites (N-methyl/N-ethyl adjacent to an activating group) is 1. The van der Waals surface area contributed by atoms with E-state index in [1.165, 1.54) is 25.7 Å². The maximum Gasteiger partial charge on any atom is 0.0228 e. The number of rotatable bonds is 4. The van der Waals surface area contributed by atoms with Crippen LogP contribution >= 0.6 is 11.3 Å². The van der Waals surface area contributed by atoms with Crippen LogP contribution in [0.3, 0.4) is 0 Å². The average Bonchev–Trinajstić information content (AvgIpc) is 2.78. The summed E-state index contributed by atoms with van der Waals surface area (Å²) >= 11 is 1.92. The fourth-order valence-corrected chi connectivity index (χ4v) is 2.93. The molecule has 1 fully saturated rings. The summed E-state index contributed by atoms with van der Waals surface area (Å²) in [6.45, 7) is 2.24. The van der Waals surface area contributed by atoms with Gasteiger partial charge in [-0.2, -0.15) is 0 Å². The molecule has 0 spiro atoms. The van der Waals surface area contributed by atoms with E-state index < -0.39 is 0 Å². The highest BCUT2D eigenvalue weighted by Gasteiger charge is 2.41. The maximum atomic E-state index is 3.45. The van der Waals surface area contributed by atoms with Gasteiger partial charge in [0.1, 0.15) is 0 Å². The van der Waals surface area contributed by atoms with E-state index in [4.69, 9.17) is 0 Å². The fourth-order valence-electron chi connectivity index (χ4n) is 1.81. The minimum absolute atomic E-state index is 0.467. The van der Waals surface area contributed by atoms with Gasteiger partial charge in [0.15, 0.2) is 0 Å². The van der Waals surface area contributed by atoms with E-state index in [0.29, 0.717) is 5.54 Å². The van der Waals surface area contributed by atoms with Crippen LogP contribution < -0.4 is 5.32 Å². The molecule has 1 aliphatic carbocycles. The molecule has 0 atom stereocenters. The summed E-state index contributed by atoms with van der Waals surface area (Å²) in [5, 5.41) is 5.67. The minimum atomic E-state index is 0.467. The highest BCUT2D eigenvalue weighted by molar-refractivity contribution is 7.10. The molecule has 0 bridgehead atoms. The predicted octanol–water partition coefficient (Wildman–Crippen LogP) is 2.61. The Morgan fingerprint density at radius 1 is 1.54 bits per heavy atom. The lowest BCUT2D eigenvalue weighted by atomic mass is 10.1. The van der Waals surface area contributed by atoms with Crippen molar-refractivity contribution in [2.24, 2.45) is 0 Å². The molecule has 0 unspecified atom stereocenters. The molecule has 1 aromatic heterocycles. The van der Waals surface area contributed by atoms with Gasteiger partial charge in [0.2, 0.25) is 0 Å². The average molecular weight is 195 g/mol. The van der Waals surface area contributed by atoms with Crippen molar-refractivity contribution in [1.82, 2.24) is 5.32 Å². The Kier molecular flexibility index (Phi) is 2.43. The van der Waals surface area contributed by atoms with Crippen LogP contribution in [0.5, 0.6) is 0 Å². The molecule has 1 aliphatic rings. The molecule has 0 aromatic carbocycles. The number of hydrogen-bond acceptors (Lipinski definition) is 2. The normalized spacial score (nSPS) is 18.9. The minimum Gasteiger partial charge on any atom is -0.314 e. The molecule has 1 heterocycles. The first-order chi connectivity index (χ1) is 6.29. The van der Waals surface area contributed by atoms with Gasteiger partial charge < -0.3 is 5.32 Å². The van der Waals surface area contributed by atoms with Gasteiger partial charge in [-0.3, -0.25) is 0 Å². The Hall–Kier alpha value is -0.340. The summed E-state index contributed by atoms with van der Waals surface area (Å²) in [5.74, 6) is 0. The van der Waals surface area contributed by atoms with Gasteiger partial charge in [-0.15, -0.1) is 11.3 Å². The van der Waals surface area contributed by atoms with E-state index in [-0.39, 0.29) is 0 Å². The van der Waals surface area contributed by atoms with E-state index in [1.807, 2.05) is 11.3 Å². The van der Waals surface area contributed by atoms with Gasteiger partial charge in [0, 0.05) is 16.8 Å². The molecule has 1 nitrogen and oxygen atoms in total. The first-order valence-corrected chi connectivity index (χ1v) is 5.92. The molecule has 2 rings (SSSR count). The van der Waals surface area contributed by atoms with Gasteiger partial charge in [0.25, 0.3) is 0 Å². The topological polar surface area (TPSA) is 12.0 Å². The number of thiophene rings is 1. The lowest BCUT2D eigenvalue weighted by molar-refractivity contribution is 0.551. The van der Waals surface area contributed by atoms with Crippen LogP contribution in [0.1, 0.15) is 30.2 Å². The fraction of sp³-hybridized carbons (Fsp3) is 0.636. The van der Waals surface area contributed by atoms with Crippen LogP contribution in [0, 0.1) is 0 Å². The largest absolute Gasteiger partial charge is 0.314 e. The first-order valence-electron chi connectivity index (χ1n) is 5.04. The number of aryl methyl sites for hydroxylation is 1. The molecule has 13 heavy (non-hydrogen) atoms. The molecular formula is C11H17NS. The molecule has 72 valence electrons. The zero-order chi connectivity index (χ0) is 9.31. The number of nitrogens with one attached hydrogen (secondary N) is 1. The second-order valence-corrected chi connectivity index (χ2v) is 4.93. The van der Waals surface area contributed by atoms with E-state index >= 15 is 0 Å². The first kappa shape index (κ1) is 9.22. The van der Waals surface area contributed by atoms with Crippen LogP contribution in [0.4, 0.5) is 0 Å². The van der Waals surface area contributed by atoms with Gasteiger partial charge in [-0.05, 0) is 43.3 Å². The van der Waals surface area contributed by atoms with Crippen molar-refractivity contribution in [2.45, 2.75) is 38.1 Å². The van der Waals surface area contributed by atoms with Crippen molar-refractivity contribution >= 4 is 11.3 Å². The van der Waals surface area contributed by atoms with Crippen LogP contribution in [-0.2, 0) is 12.8 Å². The van der Waals surface area contributed by atoms with E-state index in [1.54, 1.807) is 10.4 Å². The maximum absolute atomic E-state index is 3.45. The molecule has 1 saturated carbocycles. The quantitative estimate of drug-likeness (QED) is 0.778. The standard InChI is InChI=1S/C11H17NS/c1-3-9-4-7-13-10(9)8-11(12-2)5-6-11/h4,7,12H,3,5-6,8H2,1-2H3. The summed E-state index contributed by atoms with van der Waals surface area (Å²) in [5.41, 5.74) is 2.01. The van der Waals surface area contributed by atoms with Crippen LogP contribution in [0.2, 0.25) is 0 Å². The lowest BCUT2D eigenvalue weighted by Gasteiger charge is -2.13. The highest BCUT2D eigenvalue weighted by atomic mass is 32.1. The summed E-state index contributed by atoms with van der Waals surface area (Å²) in [6, 6.07) is 2.27. The molecule has 0 saturated heterocycles.